The molecule has 7 nitrogen and oxygen atoms in total. The zero-order valence-electron chi connectivity index (χ0n) is 18.4. The molecule has 0 bridgehead atoms. The van der Waals surface area contributed by atoms with Gasteiger partial charge in [-0.1, -0.05) is 30.3 Å². The Labute approximate surface area is 190 Å². The third-order valence-corrected chi connectivity index (χ3v) is 8.29. The lowest BCUT2D eigenvalue weighted by molar-refractivity contribution is -0.142. The lowest BCUT2D eigenvalue weighted by atomic mass is 9.73. The van der Waals surface area contributed by atoms with Gasteiger partial charge in [-0.3, -0.25) is 4.79 Å². The van der Waals surface area contributed by atoms with Gasteiger partial charge in [0.2, 0.25) is 15.9 Å². The van der Waals surface area contributed by atoms with E-state index in [9.17, 15) is 13.2 Å². The monoisotopic (exact) mass is 458 g/mol. The number of sulfonamides is 1. The summed E-state index contributed by atoms with van der Waals surface area (Å²) in [7, 11) is -3.62. The fourth-order valence-electron chi connectivity index (χ4n) is 4.56. The van der Waals surface area contributed by atoms with Crippen molar-refractivity contribution >= 4 is 15.9 Å². The van der Waals surface area contributed by atoms with E-state index in [-0.39, 0.29) is 23.9 Å². The van der Waals surface area contributed by atoms with Crippen LogP contribution in [0.15, 0.2) is 59.5 Å². The minimum absolute atomic E-state index is 0.0742. The summed E-state index contributed by atoms with van der Waals surface area (Å²) < 4.78 is 38.6. The summed E-state index contributed by atoms with van der Waals surface area (Å²) in [6.45, 7) is 4.83. The van der Waals surface area contributed by atoms with E-state index >= 15 is 0 Å². The molecule has 2 aromatic carbocycles. The molecule has 172 valence electrons. The quantitative estimate of drug-likeness (QED) is 0.665. The van der Waals surface area contributed by atoms with Crippen molar-refractivity contribution in [2.75, 3.05) is 46.0 Å². The number of piperazine rings is 1. The molecule has 2 aliphatic heterocycles. The predicted molar refractivity (Wildman–Crippen MR) is 121 cm³/mol. The molecule has 0 unspecified atom stereocenters. The van der Waals surface area contributed by atoms with E-state index in [1.54, 1.807) is 24.3 Å². The van der Waals surface area contributed by atoms with Gasteiger partial charge >= 0.3 is 0 Å². The van der Waals surface area contributed by atoms with Gasteiger partial charge in [0, 0.05) is 39.4 Å². The van der Waals surface area contributed by atoms with Crippen molar-refractivity contribution in [1.29, 1.82) is 0 Å². The van der Waals surface area contributed by atoms with Crippen LogP contribution in [0.2, 0.25) is 0 Å². The lowest BCUT2D eigenvalue weighted by Gasteiger charge is -2.42. The molecule has 0 spiro atoms. The maximum absolute atomic E-state index is 13.7. The first-order chi connectivity index (χ1) is 15.5. The average Bonchev–Trinajstić information content (AvgIpc) is 2.85. The highest BCUT2D eigenvalue weighted by atomic mass is 32.2. The molecular weight excluding hydrogens is 428 g/mol. The topological polar surface area (TPSA) is 76.2 Å². The number of nitrogens with zero attached hydrogens (tertiary/aromatic N) is 2. The number of carbonyl (C=O) groups is 1. The van der Waals surface area contributed by atoms with Crippen LogP contribution in [0.4, 0.5) is 0 Å². The van der Waals surface area contributed by atoms with Crippen LogP contribution >= 0.6 is 0 Å². The summed E-state index contributed by atoms with van der Waals surface area (Å²) in [5.41, 5.74) is 0.410. The van der Waals surface area contributed by atoms with E-state index in [0.717, 1.165) is 5.56 Å². The highest BCUT2D eigenvalue weighted by Gasteiger charge is 2.45. The first-order valence-electron chi connectivity index (χ1n) is 11.1. The van der Waals surface area contributed by atoms with E-state index in [1.165, 1.54) is 4.31 Å². The zero-order valence-corrected chi connectivity index (χ0v) is 19.2. The maximum atomic E-state index is 13.7. The van der Waals surface area contributed by atoms with E-state index < -0.39 is 15.4 Å². The van der Waals surface area contributed by atoms with Gasteiger partial charge < -0.3 is 14.4 Å². The Balaban J connectivity index is 1.47. The molecule has 0 atom stereocenters. The van der Waals surface area contributed by atoms with E-state index in [0.29, 0.717) is 51.5 Å². The Morgan fingerprint density at radius 2 is 1.59 bits per heavy atom. The van der Waals surface area contributed by atoms with Crippen molar-refractivity contribution in [3.63, 3.8) is 0 Å². The Morgan fingerprint density at radius 1 is 0.969 bits per heavy atom. The van der Waals surface area contributed by atoms with Gasteiger partial charge in [-0.25, -0.2) is 8.42 Å². The number of ether oxygens (including phenoxy) is 2. The van der Waals surface area contributed by atoms with Crippen LogP contribution in [0.5, 0.6) is 5.75 Å². The molecule has 2 aromatic rings. The van der Waals surface area contributed by atoms with Crippen LogP contribution in [-0.4, -0.2) is 69.5 Å². The number of carbonyl (C=O) groups excluding carboxylic acids is 1. The van der Waals surface area contributed by atoms with Crippen LogP contribution in [0.1, 0.15) is 25.3 Å². The van der Waals surface area contributed by atoms with Crippen molar-refractivity contribution in [1.82, 2.24) is 9.21 Å². The van der Waals surface area contributed by atoms with Crippen molar-refractivity contribution in [3.8, 4) is 5.75 Å². The predicted octanol–water partition coefficient (Wildman–Crippen LogP) is 2.67. The van der Waals surface area contributed by atoms with Gasteiger partial charge in [0.15, 0.2) is 0 Å². The second kappa shape index (κ2) is 9.60. The molecule has 0 aromatic heterocycles. The summed E-state index contributed by atoms with van der Waals surface area (Å²) in [5.74, 6) is 0.717. The molecule has 0 saturated carbocycles. The number of rotatable bonds is 6. The van der Waals surface area contributed by atoms with Gasteiger partial charge in [0.1, 0.15) is 5.75 Å². The summed E-state index contributed by atoms with van der Waals surface area (Å²) in [4.78, 5) is 15.8. The van der Waals surface area contributed by atoms with Crippen LogP contribution in [-0.2, 0) is 25.0 Å². The molecule has 2 aliphatic rings. The summed E-state index contributed by atoms with van der Waals surface area (Å²) in [5, 5.41) is 0. The first kappa shape index (κ1) is 22.8. The smallest absolute Gasteiger partial charge is 0.243 e. The SMILES string of the molecule is CCOc1ccc(S(=O)(=O)N2CCN(C(=O)C3(c4ccccc4)CCOCC3)CC2)cc1. The Kier molecular flexibility index (Phi) is 6.83. The Hall–Kier alpha value is -2.42. The van der Waals surface area contributed by atoms with Crippen LogP contribution in [0.25, 0.3) is 0 Å². The molecule has 2 heterocycles. The van der Waals surface area contributed by atoms with Gasteiger partial charge in [0.25, 0.3) is 0 Å². The third-order valence-electron chi connectivity index (χ3n) is 6.38. The molecular formula is C24H30N2O5S. The number of hydrogen-bond acceptors (Lipinski definition) is 5. The van der Waals surface area contributed by atoms with E-state index in [2.05, 4.69) is 0 Å². The van der Waals surface area contributed by atoms with Gasteiger partial charge in [-0.2, -0.15) is 4.31 Å². The fourth-order valence-corrected chi connectivity index (χ4v) is 5.98. The maximum Gasteiger partial charge on any atom is 0.243 e. The van der Waals surface area contributed by atoms with Gasteiger partial charge in [-0.15, -0.1) is 0 Å². The van der Waals surface area contributed by atoms with Gasteiger partial charge in [0.05, 0.1) is 16.9 Å². The molecule has 8 heteroatoms. The Morgan fingerprint density at radius 3 is 2.19 bits per heavy atom. The normalized spacial score (nSPS) is 19.5. The molecule has 1 amide bonds. The third kappa shape index (κ3) is 4.40. The molecule has 0 radical (unpaired) electrons. The second-order valence-electron chi connectivity index (χ2n) is 8.16. The molecule has 2 fully saturated rings. The molecule has 0 aliphatic carbocycles. The van der Waals surface area contributed by atoms with Crippen molar-refractivity contribution < 1.29 is 22.7 Å². The van der Waals surface area contributed by atoms with Crippen molar-refractivity contribution in [3.05, 3.63) is 60.2 Å². The lowest BCUT2D eigenvalue weighted by Crippen LogP contribution is -2.56. The molecule has 4 rings (SSSR count). The Bertz CT molecular complexity index is 1010. The molecule has 0 N–H and O–H groups in total. The second-order valence-corrected chi connectivity index (χ2v) is 10.1. The number of amides is 1. The average molecular weight is 459 g/mol. The van der Waals surface area contributed by atoms with Gasteiger partial charge in [-0.05, 0) is 49.6 Å². The number of hydrogen-bond donors (Lipinski definition) is 0. The summed E-state index contributed by atoms with van der Waals surface area (Å²) in [6.07, 6.45) is 1.28. The fraction of sp³-hybridized carbons (Fsp3) is 0.458. The van der Waals surface area contributed by atoms with Crippen LogP contribution < -0.4 is 4.74 Å². The largest absolute Gasteiger partial charge is 0.494 e. The van der Waals surface area contributed by atoms with Crippen LogP contribution in [0, 0.1) is 0 Å². The van der Waals surface area contributed by atoms with E-state index in [1.807, 2.05) is 42.2 Å². The minimum atomic E-state index is -3.62. The summed E-state index contributed by atoms with van der Waals surface area (Å²) >= 11 is 0. The van der Waals surface area contributed by atoms with E-state index in [4.69, 9.17) is 9.47 Å². The van der Waals surface area contributed by atoms with Crippen molar-refractivity contribution in [2.45, 2.75) is 30.1 Å². The summed E-state index contributed by atoms with van der Waals surface area (Å²) in [6, 6.07) is 16.4. The molecule has 2 saturated heterocycles. The minimum Gasteiger partial charge on any atom is -0.494 e. The highest BCUT2D eigenvalue weighted by Crippen LogP contribution is 2.37. The standard InChI is InChI=1S/C24H30N2O5S/c1-2-31-21-8-10-22(11-9-21)32(28,29)26-16-14-25(15-17-26)23(27)24(12-18-30-19-13-24)20-6-4-3-5-7-20/h3-11H,2,12-19H2,1H3. The first-order valence-corrected chi connectivity index (χ1v) is 12.6. The number of benzene rings is 2. The highest BCUT2D eigenvalue weighted by molar-refractivity contribution is 7.89. The zero-order chi connectivity index (χ0) is 22.6. The van der Waals surface area contributed by atoms with Crippen molar-refractivity contribution in [2.24, 2.45) is 0 Å². The molecule has 32 heavy (non-hydrogen) atoms. The van der Waals surface area contributed by atoms with Crippen LogP contribution in [0.3, 0.4) is 0 Å².